The number of fused-ring (bicyclic) bond motifs is 10. The van der Waals surface area contributed by atoms with E-state index in [0.717, 1.165) is 5.69 Å². The first-order chi connectivity index (χ1) is 29.3. The Bertz CT molecular complexity index is 3220. The molecule has 0 radical (unpaired) electrons. The molecule has 0 bridgehead atoms. The molecule has 60 heavy (non-hydrogen) atoms. The van der Waals surface area contributed by atoms with Crippen molar-refractivity contribution < 1.29 is 0 Å². The van der Waals surface area contributed by atoms with Gasteiger partial charge in [0, 0.05) is 44.0 Å². The van der Waals surface area contributed by atoms with Crippen LogP contribution in [0.15, 0.2) is 194 Å². The van der Waals surface area contributed by atoms with E-state index in [1.807, 2.05) is 0 Å². The molecule has 0 N–H and O–H groups in total. The Morgan fingerprint density at radius 1 is 0.383 bits per heavy atom. The minimum absolute atomic E-state index is 0.127. The Labute approximate surface area is 351 Å². The topological polar surface area (TPSA) is 8.17 Å². The second-order valence-electron chi connectivity index (χ2n) is 17.7. The maximum Gasteiger partial charge on any atom is 0.0547 e. The van der Waals surface area contributed by atoms with Crippen molar-refractivity contribution in [2.45, 2.75) is 38.5 Å². The van der Waals surface area contributed by atoms with Crippen LogP contribution in [0.1, 0.15) is 49.9 Å². The van der Waals surface area contributed by atoms with E-state index in [2.05, 4.69) is 231 Å². The predicted molar refractivity (Wildman–Crippen MR) is 254 cm³/mol. The second kappa shape index (κ2) is 12.7. The highest BCUT2D eigenvalue weighted by Gasteiger charge is 2.40. The van der Waals surface area contributed by atoms with E-state index >= 15 is 0 Å². The van der Waals surface area contributed by atoms with E-state index in [1.165, 1.54) is 105 Å². The highest BCUT2D eigenvalue weighted by molar-refractivity contribution is 6.12. The molecule has 9 aromatic carbocycles. The molecule has 1 aromatic heterocycles. The summed E-state index contributed by atoms with van der Waals surface area (Å²) in [5.41, 5.74) is 20.0. The third kappa shape index (κ3) is 4.76. The molecule has 1 heterocycles. The van der Waals surface area contributed by atoms with Crippen LogP contribution in [0.4, 0.5) is 17.1 Å². The van der Waals surface area contributed by atoms with Crippen LogP contribution in [0.3, 0.4) is 0 Å². The van der Waals surface area contributed by atoms with Gasteiger partial charge in [0.05, 0.1) is 28.1 Å². The molecule has 0 unspecified atom stereocenters. The van der Waals surface area contributed by atoms with E-state index in [-0.39, 0.29) is 10.8 Å². The fourth-order valence-electron chi connectivity index (χ4n) is 11.0. The van der Waals surface area contributed by atoms with Crippen LogP contribution in [0.2, 0.25) is 0 Å². The van der Waals surface area contributed by atoms with E-state index in [4.69, 9.17) is 0 Å². The van der Waals surface area contributed by atoms with Crippen molar-refractivity contribution >= 4 is 49.6 Å². The van der Waals surface area contributed by atoms with Crippen molar-refractivity contribution in [3.63, 3.8) is 0 Å². The summed E-state index contributed by atoms with van der Waals surface area (Å²) in [6.07, 6.45) is 0. The lowest BCUT2D eigenvalue weighted by Crippen LogP contribution is -2.17. The molecule has 2 aliphatic carbocycles. The zero-order valence-corrected chi connectivity index (χ0v) is 34.4. The first-order valence-corrected chi connectivity index (χ1v) is 21.2. The molecule has 286 valence electrons. The maximum atomic E-state index is 2.57. The number of benzene rings is 9. The minimum atomic E-state index is -0.127. The average Bonchev–Trinajstić information content (AvgIpc) is 3.84. The number of nitrogens with zero attached hydrogens (tertiary/aromatic N) is 2. The molecule has 0 saturated carbocycles. The number of hydrogen-bond acceptors (Lipinski definition) is 1. The first-order valence-electron chi connectivity index (χ1n) is 21.2. The highest BCUT2D eigenvalue weighted by atomic mass is 15.1. The largest absolute Gasteiger partial charge is 0.309 e. The Balaban J connectivity index is 1.15. The van der Waals surface area contributed by atoms with Crippen molar-refractivity contribution in [2.24, 2.45) is 0 Å². The van der Waals surface area contributed by atoms with Gasteiger partial charge in [0.1, 0.15) is 0 Å². The summed E-state index contributed by atoms with van der Waals surface area (Å²) in [6.45, 7) is 9.50. The third-order valence-electron chi connectivity index (χ3n) is 13.8. The summed E-state index contributed by atoms with van der Waals surface area (Å²) in [4.78, 5) is 2.57. The molecule has 0 amide bonds. The molecule has 2 aliphatic rings. The van der Waals surface area contributed by atoms with Gasteiger partial charge < -0.3 is 9.47 Å². The maximum absolute atomic E-state index is 2.57. The van der Waals surface area contributed by atoms with Crippen LogP contribution in [-0.2, 0) is 10.8 Å². The molecule has 0 aliphatic heterocycles. The summed E-state index contributed by atoms with van der Waals surface area (Å²) < 4.78 is 2.46. The molecule has 0 saturated heterocycles. The van der Waals surface area contributed by atoms with Crippen molar-refractivity contribution in [1.82, 2.24) is 4.57 Å². The quantitative estimate of drug-likeness (QED) is 0.169. The normalized spacial score (nSPS) is 14.3. The Kier molecular flexibility index (Phi) is 7.36. The molecule has 12 rings (SSSR count). The van der Waals surface area contributed by atoms with Crippen LogP contribution >= 0.6 is 0 Å². The van der Waals surface area contributed by atoms with Gasteiger partial charge in [-0.1, -0.05) is 179 Å². The minimum Gasteiger partial charge on any atom is -0.309 e. The summed E-state index contributed by atoms with van der Waals surface area (Å²) in [7, 11) is 0. The molecular formula is C58H44N2. The van der Waals surface area contributed by atoms with E-state index in [9.17, 15) is 0 Å². The fourth-order valence-corrected chi connectivity index (χ4v) is 11.0. The Hall–Kier alpha value is -7.16. The fraction of sp³-hybridized carbons (Fsp3) is 0.103. The molecule has 2 nitrogen and oxygen atoms in total. The standard InChI is InChI=1S/C58H44N2/c1-57(2)45-24-12-8-22-43(45)55-47(57)26-16-30-51(55)59(52-31-17-27-48-56(52)44-23-9-13-25-46(44)58(48,3)4)39-33-34-40-38(36-39)32-35-53(54(40)37-18-6-5-7-19-37)60-49-28-14-10-20-41(49)42-21-11-15-29-50(42)60/h5-36H,1-4H3. The summed E-state index contributed by atoms with van der Waals surface area (Å²) in [6, 6.07) is 72.3. The lowest BCUT2D eigenvalue weighted by Gasteiger charge is -2.31. The van der Waals surface area contributed by atoms with Gasteiger partial charge in [-0.25, -0.2) is 0 Å². The lowest BCUT2D eigenvalue weighted by atomic mass is 9.82. The number of para-hydroxylation sites is 2. The van der Waals surface area contributed by atoms with Crippen molar-refractivity contribution in [3.05, 3.63) is 216 Å². The van der Waals surface area contributed by atoms with Crippen LogP contribution in [0, 0.1) is 0 Å². The van der Waals surface area contributed by atoms with Crippen LogP contribution in [-0.4, -0.2) is 4.57 Å². The van der Waals surface area contributed by atoms with E-state index < -0.39 is 0 Å². The molecule has 0 spiro atoms. The van der Waals surface area contributed by atoms with Gasteiger partial charge in [-0.3, -0.25) is 0 Å². The average molecular weight is 769 g/mol. The van der Waals surface area contributed by atoms with Gasteiger partial charge in [-0.15, -0.1) is 0 Å². The molecule has 2 heteroatoms. The lowest BCUT2D eigenvalue weighted by molar-refractivity contribution is 0.660. The van der Waals surface area contributed by atoms with Gasteiger partial charge in [-0.05, 0) is 92.2 Å². The Morgan fingerprint density at radius 3 is 1.47 bits per heavy atom. The van der Waals surface area contributed by atoms with Gasteiger partial charge in [0.15, 0.2) is 0 Å². The second-order valence-corrected chi connectivity index (χ2v) is 17.7. The third-order valence-corrected chi connectivity index (χ3v) is 13.8. The summed E-state index contributed by atoms with van der Waals surface area (Å²) in [5.74, 6) is 0. The number of hydrogen-bond donors (Lipinski definition) is 0. The van der Waals surface area contributed by atoms with Gasteiger partial charge in [0.2, 0.25) is 0 Å². The zero-order valence-electron chi connectivity index (χ0n) is 34.4. The van der Waals surface area contributed by atoms with Gasteiger partial charge in [-0.2, -0.15) is 0 Å². The van der Waals surface area contributed by atoms with E-state index in [0.29, 0.717) is 0 Å². The van der Waals surface area contributed by atoms with Gasteiger partial charge in [0.25, 0.3) is 0 Å². The van der Waals surface area contributed by atoms with Crippen LogP contribution in [0.25, 0.3) is 71.6 Å². The van der Waals surface area contributed by atoms with Crippen LogP contribution < -0.4 is 4.90 Å². The number of anilines is 3. The van der Waals surface area contributed by atoms with Crippen molar-refractivity contribution in [1.29, 1.82) is 0 Å². The molecular weight excluding hydrogens is 725 g/mol. The van der Waals surface area contributed by atoms with E-state index in [1.54, 1.807) is 0 Å². The summed E-state index contributed by atoms with van der Waals surface area (Å²) >= 11 is 0. The molecule has 10 aromatic rings. The zero-order chi connectivity index (χ0) is 40.3. The number of rotatable bonds is 5. The SMILES string of the molecule is CC1(C)c2ccccc2-c2c(N(c3ccc4c(-c5ccccc5)c(-n5c6ccccc6c6ccccc65)ccc4c3)c3cccc4c3-c3ccccc3C4(C)C)cccc21. The smallest absolute Gasteiger partial charge is 0.0547 e. The highest BCUT2D eigenvalue weighted by Crippen LogP contribution is 2.58. The number of aromatic nitrogens is 1. The monoisotopic (exact) mass is 768 g/mol. The molecule has 0 fully saturated rings. The first kappa shape index (κ1) is 34.8. The summed E-state index contributed by atoms with van der Waals surface area (Å²) in [5, 5.41) is 4.94. The predicted octanol–water partition coefficient (Wildman–Crippen LogP) is 15.7. The molecule has 0 atom stereocenters. The van der Waals surface area contributed by atoms with Crippen molar-refractivity contribution in [2.75, 3.05) is 4.90 Å². The Morgan fingerprint density at radius 2 is 0.883 bits per heavy atom. The van der Waals surface area contributed by atoms with Gasteiger partial charge >= 0.3 is 0 Å². The van der Waals surface area contributed by atoms with Crippen molar-refractivity contribution in [3.8, 4) is 39.1 Å². The van der Waals surface area contributed by atoms with Crippen LogP contribution in [0.5, 0.6) is 0 Å².